The van der Waals surface area contributed by atoms with Gasteiger partial charge in [0.15, 0.2) is 0 Å². The fourth-order valence-electron chi connectivity index (χ4n) is 1.37. The van der Waals surface area contributed by atoms with Crippen LogP contribution in [0, 0.1) is 12.7 Å². The van der Waals surface area contributed by atoms with Crippen molar-refractivity contribution in [2.24, 2.45) is 0 Å². The molecule has 5 heteroatoms. The van der Waals surface area contributed by atoms with Crippen molar-refractivity contribution >= 4 is 11.9 Å². The molecule has 1 rings (SSSR count). The van der Waals surface area contributed by atoms with Gasteiger partial charge in [0.2, 0.25) is 0 Å². The number of carbonyl (C=O) groups is 2. The number of hydrogen-bond donors (Lipinski definition) is 2. The molecule has 0 fully saturated rings. The van der Waals surface area contributed by atoms with E-state index < -0.39 is 23.7 Å². The van der Waals surface area contributed by atoms with Crippen LogP contribution in [0.4, 0.5) is 4.39 Å². The van der Waals surface area contributed by atoms with E-state index in [1.165, 1.54) is 18.2 Å². The lowest BCUT2D eigenvalue weighted by molar-refractivity contribution is -0.139. The topological polar surface area (TPSA) is 66.4 Å². The molecule has 0 radical (unpaired) electrons. The molecule has 0 aliphatic heterocycles. The van der Waals surface area contributed by atoms with Crippen LogP contribution >= 0.6 is 0 Å². The quantitative estimate of drug-likeness (QED) is 0.840. The minimum atomic E-state index is -1.08. The normalized spacial score (nSPS) is 11.9. The van der Waals surface area contributed by atoms with Gasteiger partial charge in [-0.25, -0.2) is 9.18 Å². The van der Waals surface area contributed by atoms with Crippen molar-refractivity contribution in [3.8, 4) is 0 Å². The van der Waals surface area contributed by atoms with Crippen LogP contribution < -0.4 is 5.32 Å². The zero-order valence-corrected chi connectivity index (χ0v) is 9.66. The van der Waals surface area contributed by atoms with Gasteiger partial charge in [0.05, 0.1) is 0 Å². The molecule has 2 N–H and O–H groups in total. The summed E-state index contributed by atoms with van der Waals surface area (Å²) < 4.78 is 13.0. The third-order valence-electron chi connectivity index (χ3n) is 2.43. The van der Waals surface area contributed by atoms with Gasteiger partial charge < -0.3 is 10.4 Å². The highest BCUT2D eigenvalue weighted by molar-refractivity contribution is 5.96. The molecule has 0 heterocycles. The van der Waals surface area contributed by atoms with E-state index in [1.54, 1.807) is 13.8 Å². The van der Waals surface area contributed by atoms with Crippen LogP contribution in [0.25, 0.3) is 0 Å². The Morgan fingerprint density at radius 2 is 2.12 bits per heavy atom. The van der Waals surface area contributed by atoms with Gasteiger partial charge in [-0.1, -0.05) is 6.92 Å². The molecular weight excluding hydrogens is 225 g/mol. The first-order valence-electron chi connectivity index (χ1n) is 5.25. The molecule has 0 saturated heterocycles. The summed E-state index contributed by atoms with van der Waals surface area (Å²) in [7, 11) is 0. The molecule has 1 aromatic carbocycles. The molecule has 4 nitrogen and oxygen atoms in total. The number of carbonyl (C=O) groups excluding carboxylic acids is 1. The van der Waals surface area contributed by atoms with Crippen LogP contribution in [0.15, 0.2) is 18.2 Å². The van der Waals surface area contributed by atoms with Crippen molar-refractivity contribution in [3.05, 3.63) is 35.1 Å². The second-order valence-electron chi connectivity index (χ2n) is 3.74. The van der Waals surface area contributed by atoms with Gasteiger partial charge in [0, 0.05) is 5.56 Å². The summed E-state index contributed by atoms with van der Waals surface area (Å²) in [5.41, 5.74) is 0.602. The van der Waals surface area contributed by atoms with Crippen molar-refractivity contribution in [1.29, 1.82) is 0 Å². The highest BCUT2D eigenvalue weighted by atomic mass is 19.1. The van der Waals surface area contributed by atoms with Gasteiger partial charge in [-0.05, 0) is 37.1 Å². The Morgan fingerprint density at radius 3 is 2.59 bits per heavy atom. The molecule has 17 heavy (non-hydrogen) atoms. The highest BCUT2D eigenvalue weighted by Gasteiger charge is 2.18. The van der Waals surface area contributed by atoms with Gasteiger partial charge in [-0.2, -0.15) is 0 Å². The molecular formula is C12H14FNO3. The average Bonchev–Trinajstić information content (AvgIpc) is 2.28. The van der Waals surface area contributed by atoms with E-state index in [2.05, 4.69) is 5.32 Å². The molecule has 1 atom stereocenters. The number of carboxylic acids is 1. The Hall–Kier alpha value is -1.91. The summed E-state index contributed by atoms with van der Waals surface area (Å²) in [6.45, 7) is 3.20. The maximum atomic E-state index is 13.0. The Bertz CT molecular complexity index is 445. The molecule has 0 saturated carbocycles. The zero-order chi connectivity index (χ0) is 13.0. The van der Waals surface area contributed by atoms with Crippen LogP contribution in [0.1, 0.15) is 29.3 Å². The van der Waals surface area contributed by atoms with Crippen LogP contribution in [0.3, 0.4) is 0 Å². The Labute approximate surface area is 98.5 Å². The number of carboxylic acid groups (broad SMARTS) is 1. The zero-order valence-electron chi connectivity index (χ0n) is 9.66. The van der Waals surface area contributed by atoms with E-state index in [4.69, 9.17) is 5.11 Å². The smallest absolute Gasteiger partial charge is 0.326 e. The van der Waals surface area contributed by atoms with E-state index in [9.17, 15) is 14.0 Å². The molecule has 92 valence electrons. The Kier molecular flexibility index (Phi) is 4.20. The van der Waals surface area contributed by atoms with Gasteiger partial charge in [-0.3, -0.25) is 4.79 Å². The second kappa shape index (κ2) is 5.43. The second-order valence-corrected chi connectivity index (χ2v) is 3.74. The predicted octanol–water partition coefficient (Wildman–Crippen LogP) is 1.73. The van der Waals surface area contributed by atoms with E-state index in [-0.39, 0.29) is 5.56 Å². The highest BCUT2D eigenvalue weighted by Crippen LogP contribution is 2.09. The summed E-state index contributed by atoms with van der Waals surface area (Å²) in [6.07, 6.45) is 0.293. The van der Waals surface area contributed by atoms with Gasteiger partial charge in [0.25, 0.3) is 5.91 Å². The number of nitrogens with one attached hydrogen (secondary N) is 1. The third kappa shape index (κ3) is 3.27. The van der Waals surface area contributed by atoms with Crippen LogP contribution in [0.5, 0.6) is 0 Å². The van der Waals surface area contributed by atoms with Crippen LogP contribution in [0.2, 0.25) is 0 Å². The number of halogens is 1. The fourth-order valence-corrected chi connectivity index (χ4v) is 1.37. The van der Waals surface area contributed by atoms with E-state index >= 15 is 0 Å². The van der Waals surface area contributed by atoms with Crippen molar-refractivity contribution in [2.75, 3.05) is 0 Å². The summed E-state index contributed by atoms with van der Waals surface area (Å²) in [5.74, 6) is -1.99. The first kappa shape index (κ1) is 13.2. The lowest BCUT2D eigenvalue weighted by Gasteiger charge is -2.12. The molecule has 0 aliphatic carbocycles. The van der Waals surface area contributed by atoms with Crippen molar-refractivity contribution in [1.82, 2.24) is 5.32 Å². The van der Waals surface area contributed by atoms with Gasteiger partial charge >= 0.3 is 5.97 Å². The summed E-state index contributed by atoms with van der Waals surface area (Å²) >= 11 is 0. The molecule has 0 aliphatic rings. The number of rotatable bonds is 4. The van der Waals surface area contributed by atoms with E-state index in [0.717, 1.165) is 0 Å². The minimum absolute atomic E-state index is 0.253. The first-order chi connectivity index (χ1) is 7.95. The molecule has 1 aromatic rings. The van der Waals surface area contributed by atoms with Crippen molar-refractivity contribution < 1.29 is 19.1 Å². The summed E-state index contributed by atoms with van der Waals surface area (Å²) in [6, 6.07) is 2.98. The monoisotopic (exact) mass is 239 g/mol. The molecule has 0 aromatic heterocycles. The maximum absolute atomic E-state index is 13.0. The average molecular weight is 239 g/mol. The molecule has 0 spiro atoms. The number of amides is 1. The van der Waals surface area contributed by atoms with E-state index in [1.807, 2.05) is 0 Å². The maximum Gasteiger partial charge on any atom is 0.326 e. The lowest BCUT2D eigenvalue weighted by atomic mass is 10.1. The van der Waals surface area contributed by atoms with Gasteiger partial charge in [-0.15, -0.1) is 0 Å². The Balaban J connectivity index is 2.82. The number of hydrogen-bond acceptors (Lipinski definition) is 2. The van der Waals surface area contributed by atoms with Crippen molar-refractivity contribution in [2.45, 2.75) is 26.3 Å². The standard InChI is InChI=1S/C12H14FNO3/c1-3-10(12(16)17)14-11(15)8-4-5-9(13)7(2)6-8/h4-6,10H,3H2,1-2H3,(H,14,15)(H,16,17). The number of benzene rings is 1. The largest absolute Gasteiger partial charge is 0.480 e. The van der Waals surface area contributed by atoms with Gasteiger partial charge in [0.1, 0.15) is 11.9 Å². The third-order valence-corrected chi connectivity index (χ3v) is 2.43. The summed E-state index contributed by atoms with van der Waals surface area (Å²) in [4.78, 5) is 22.4. The first-order valence-corrected chi connectivity index (χ1v) is 5.25. The fraction of sp³-hybridized carbons (Fsp3) is 0.333. The minimum Gasteiger partial charge on any atom is -0.480 e. The lowest BCUT2D eigenvalue weighted by Crippen LogP contribution is -2.40. The molecule has 0 bridgehead atoms. The molecule has 1 amide bonds. The SMILES string of the molecule is CCC(NC(=O)c1ccc(F)c(C)c1)C(=O)O. The number of aryl methyl sites for hydroxylation is 1. The Morgan fingerprint density at radius 1 is 1.47 bits per heavy atom. The predicted molar refractivity (Wildman–Crippen MR) is 60.3 cm³/mol. The number of aliphatic carboxylic acids is 1. The van der Waals surface area contributed by atoms with Crippen LogP contribution in [-0.4, -0.2) is 23.0 Å². The molecule has 1 unspecified atom stereocenters. The van der Waals surface area contributed by atoms with E-state index in [0.29, 0.717) is 12.0 Å². The summed E-state index contributed by atoms with van der Waals surface area (Å²) in [5, 5.41) is 11.2. The van der Waals surface area contributed by atoms with Crippen molar-refractivity contribution in [3.63, 3.8) is 0 Å². The van der Waals surface area contributed by atoms with Crippen LogP contribution in [-0.2, 0) is 4.79 Å².